The molecule has 0 aliphatic carbocycles. The van der Waals surface area contributed by atoms with Gasteiger partial charge in [0.2, 0.25) is 0 Å². The van der Waals surface area contributed by atoms with Gasteiger partial charge in [0.1, 0.15) is 0 Å². The fraction of sp³-hybridized carbons (Fsp3) is 0.250. The number of benzene rings is 2. The lowest BCUT2D eigenvalue weighted by Crippen LogP contribution is -2.14. The van der Waals surface area contributed by atoms with Crippen molar-refractivity contribution >= 4 is 15.9 Å². The lowest BCUT2D eigenvalue weighted by atomic mass is 10.00. The molecule has 0 aliphatic heterocycles. The standard InChI is InChI=1S/C16H14BrF3O/c17-14-6-4-11(5-7-14)9-15(21)10-12-2-1-3-13(8-12)16(18,19)20/h1-8,15,21H,9-10H2. The van der Waals surface area contributed by atoms with Crippen molar-refractivity contribution < 1.29 is 18.3 Å². The summed E-state index contributed by atoms with van der Waals surface area (Å²) in [5.74, 6) is 0. The molecule has 0 spiro atoms. The van der Waals surface area contributed by atoms with Gasteiger partial charge in [-0.05, 0) is 42.2 Å². The average molecular weight is 359 g/mol. The Morgan fingerprint density at radius 3 is 2.19 bits per heavy atom. The molecule has 0 aliphatic rings. The highest BCUT2D eigenvalue weighted by molar-refractivity contribution is 9.10. The molecule has 5 heteroatoms. The van der Waals surface area contributed by atoms with Gasteiger partial charge in [-0.15, -0.1) is 0 Å². The molecule has 0 saturated heterocycles. The molecule has 0 amide bonds. The van der Waals surface area contributed by atoms with Crippen LogP contribution in [0, 0.1) is 0 Å². The fourth-order valence-corrected chi connectivity index (χ4v) is 2.38. The van der Waals surface area contributed by atoms with E-state index in [0.717, 1.165) is 22.2 Å². The smallest absolute Gasteiger partial charge is 0.392 e. The first-order valence-corrected chi connectivity index (χ1v) is 7.22. The topological polar surface area (TPSA) is 20.2 Å². The van der Waals surface area contributed by atoms with Crippen LogP contribution in [-0.4, -0.2) is 11.2 Å². The first-order chi connectivity index (χ1) is 9.84. The van der Waals surface area contributed by atoms with Crippen molar-refractivity contribution in [2.75, 3.05) is 0 Å². The molecular formula is C16H14BrF3O. The van der Waals surface area contributed by atoms with Gasteiger partial charge in [-0.1, -0.05) is 46.3 Å². The van der Waals surface area contributed by atoms with Crippen molar-refractivity contribution in [3.63, 3.8) is 0 Å². The highest BCUT2D eigenvalue weighted by Gasteiger charge is 2.30. The van der Waals surface area contributed by atoms with Crippen LogP contribution in [0.3, 0.4) is 0 Å². The number of alkyl halides is 3. The maximum Gasteiger partial charge on any atom is 0.416 e. The van der Waals surface area contributed by atoms with Crippen LogP contribution in [0.5, 0.6) is 0 Å². The molecule has 21 heavy (non-hydrogen) atoms. The predicted octanol–water partition coefficient (Wildman–Crippen LogP) is 4.61. The highest BCUT2D eigenvalue weighted by Crippen LogP contribution is 2.29. The lowest BCUT2D eigenvalue weighted by molar-refractivity contribution is -0.137. The molecule has 0 fully saturated rings. The monoisotopic (exact) mass is 358 g/mol. The van der Waals surface area contributed by atoms with E-state index in [1.165, 1.54) is 6.07 Å². The normalized spacial score (nSPS) is 13.2. The van der Waals surface area contributed by atoms with E-state index >= 15 is 0 Å². The van der Waals surface area contributed by atoms with Crippen molar-refractivity contribution in [2.45, 2.75) is 25.1 Å². The predicted molar refractivity (Wildman–Crippen MR) is 79.0 cm³/mol. The van der Waals surface area contributed by atoms with Gasteiger partial charge >= 0.3 is 6.18 Å². The highest BCUT2D eigenvalue weighted by atomic mass is 79.9. The fourth-order valence-electron chi connectivity index (χ4n) is 2.11. The van der Waals surface area contributed by atoms with Crippen LogP contribution in [0.4, 0.5) is 13.2 Å². The first kappa shape index (κ1) is 16.0. The molecule has 0 saturated carbocycles. The largest absolute Gasteiger partial charge is 0.416 e. The number of aliphatic hydroxyl groups excluding tert-OH is 1. The number of hydrogen-bond acceptors (Lipinski definition) is 1. The van der Waals surface area contributed by atoms with E-state index in [9.17, 15) is 18.3 Å². The Morgan fingerprint density at radius 1 is 0.952 bits per heavy atom. The molecule has 0 heterocycles. The summed E-state index contributed by atoms with van der Waals surface area (Å²) in [6.45, 7) is 0. The summed E-state index contributed by atoms with van der Waals surface area (Å²) in [5, 5.41) is 10.0. The minimum atomic E-state index is -4.35. The molecule has 1 nitrogen and oxygen atoms in total. The Morgan fingerprint density at radius 2 is 1.57 bits per heavy atom. The summed E-state index contributed by atoms with van der Waals surface area (Å²) in [6, 6.07) is 12.6. The molecule has 2 aromatic rings. The first-order valence-electron chi connectivity index (χ1n) is 6.43. The van der Waals surface area contributed by atoms with Crippen LogP contribution in [0.1, 0.15) is 16.7 Å². The Balaban J connectivity index is 2.02. The molecular weight excluding hydrogens is 345 g/mol. The van der Waals surface area contributed by atoms with Gasteiger partial charge in [0, 0.05) is 4.47 Å². The van der Waals surface area contributed by atoms with Gasteiger partial charge in [-0.3, -0.25) is 0 Å². The summed E-state index contributed by atoms with van der Waals surface area (Å²) in [7, 11) is 0. The lowest BCUT2D eigenvalue weighted by Gasteiger charge is -2.13. The molecule has 112 valence electrons. The summed E-state index contributed by atoms with van der Waals surface area (Å²) in [5.41, 5.74) is 0.739. The minimum absolute atomic E-state index is 0.194. The van der Waals surface area contributed by atoms with Crippen LogP contribution in [0.15, 0.2) is 53.0 Å². The van der Waals surface area contributed by atoms with Crippen LogP contribution in [0.2, 0.25) is 0 Å². The van der Waals surface area contributed by atoms with Crippen LogP contribution >= 0.6 is 15.9 Å². The van der Waals surface area contributed by atoms with Crippen molar-refractivity contribution in [3.8, 4) is 0 Å². The number of rotatable bonds is 4. The molecule has 2 aromatic carbocycles. The molecule has 1 unspecified atom stereocenters. The van der Waals surface area contributed by atoms with Crippen molar-refractivity contribution in [2.24, 2.45) is 0 Å². The van der Waals surface area contributed by atoms with E-state index in [1.807, 2.05) is 24.3 Å². The van der Waals surface area contributed by atoms with Crippen LogP contribution in [-0.2, 0) is 19.0 Å². The van der Waals surface area contributed by atoms with Crippen molar-refractivity contribution in [3.05, 3.63) is 69.7 Å². The third-order valence-electron chi connectivity index (χ3n) is 3.11. The Labute approximate surface area is 129 Å². The molecule has 1 atom stereocenters. The van der Waals surface area contributed by atoms with E-state index < -0.39 is 17.8 Å². The Kier molecular flexibility index (Phi) is 5.06. The third kappa shape index (κ3) is 4.86. The number of halogens is 4. The second kappa shape index (κ2) is 6.62. The Bertz CT molecular complexity index is 593. The van der Waals surface area contributed by atoms with E-state index in [1.54, 1.807) is 6.07 Å². The zero-order chi connectivity index (χ0) is 15.5. The van der Waals surface area contributed by atoms with Gasteiger partial charge in [-0.25, -0.2) is 0 Å². The van der Waals surface area contributed by atoms with E-state index in [-0.39, 0.29) is 6.42 Å². The second-order valence-electron chi connectivity index (χ2n) is 4.89. The molecule has 0 bridgehead atoms. The maximum absolute atomic E-state index is 12.6. The summed E-state index contributed by atoms with van der Waals surface area (Å²) < 4.78 is 38.8. The van der Waals surface area contributed by atoms with Gasteiger partial charge in [-0.2, -0.15) is 13.2 Å². The average Bonchev–Trinajstić information content (AvgIpc) is 2.41. The van der Waals surface area contributed by atoms with Crippen molar-refractivity contribution in [1.29, 1.82) is 0 Å². The van der Waals surface area contributed by atoms with Gasteiger partial charge in [0.05, 0.1) is 11.7 Å². The van der Waals surface area contributed by atoms with Gasteiger partial charge in [0.15, 0.2) is 0 Å². The zero-order valence-corrected chi connectivity index (χ0v) is 12.7. The second-order valence-corrected chi connectivity index (χ2v) is 5.80. The maximum atomic E-state index is 12.6. The molecule has 1 N–H and O–H groups in total. The number of aliphatic hydroxyl groups is 1. The van der Waals surface area contributed by atoms with Crippen LogP contribution < -0.4 is 0 Å². The van der Waals surface area contributed by atoms with Crippen LogP contribution in [0.25, 0.3) is 0 Å². The summed E-state index contributed by atoms with van der Waals surface area (Å²) in [6.07, 6.45) is -4.47. The third-order valence-corrected chi connectivity index (χ3v) is 3.64. The summed E-state index contributed by atoms with van der Waals surface area (Å²) >= 11 is 3.32. The van der Waals surface area contributed by atoms with E-state index in [2.05, 4.69) is 15.9 Å². The number of hydrogen-bond donors (Lipinski definition) is 1. The molecule has 2 rings (SSSR count). The zero-order valence-electron chi connectivity index (χ0n) is 11.1. The summed E-state index contributed by atoms with van der Waals surface area (Å²) in [4.78, 5) is 0. The quantitative estimate of drug-likeness (QED) is 0.845. The van der Waals surface area contributed by atoms with Crippen molar-refractivity contribution in [1.82, 2.24) is 0 Å². The molecule has 0 aromatic heterocycles. The Hall–Kier alpha value is -1.33. The van der Waals surface area contributed by atoms with E-state index in [0.29, 0.717) is 12.0 Å². The molecule has 0 radical (unpaired) electrons. The van der Waals surface area contributed by atoms with Gasteiger partial charge in [0.25, 0.3) is 0 Å². The van der Waals surface area contributed by atoms with Gasteiger partial charge < -0.3 is 5.11 Å². The SMILES string of the molecule is OC(Cc1ccc(Br)cc1)Cc1cccc(C(F)(F)F)c1. The minimum Gasteiger partial charge on any atom is -0.392 e. The van der Waals surface area contributed by atoms with E-state index in [4.69, 9.17) is 0 Å².